The number of hydrogen-bond donors (Lipinski definition) is 0. The maximum absolute atomic E-state index is 12.1. The first-order chi connectivity index (χ1) is 9.19. The van der Waals surface area contributed by atoms with E-state index in [-0.39, 0.29) is 11.3 Å². The SMILES string of the molecule is COC(=O)Oc1ccc2c(=O)n3ccsc3nc2c1. The third-order valence-corrected chi connectivity index (χ3v) is 3.35. The van der Waals surface area contributed by atoms with Crippen LogP contribution in [0.15, 0.2) is 34.6 Å². The molecule has 3 aromatic rings. The Morgan fingerprint density at radius 1 is 1.42 bits per heavy atom. The van der Waals surface area contributed by atoms with Crippen molar-refractivity contribution in [3.05, 3.63) is 40.1 Å². The molecular formula is C12H8N2O4S. The summed E-state index contributed by atoms with van der Waals surface area (Å²) < 4.78 is 10.8. The molecule has 0 spiro atoms. The Morgan fingerprint density at radius 3 is 3.05 bits per heavy atom. The van der Waals surface area contributed by atoms with Crippen molar-refractivity contribution < 1.29 is 14.3 Å². The number of fused-ring (bicyclic) bond motifs is 2. The zero-order chi connectivity index (χ0) is 13.4. The van der Waals surface area contributed by atoms with Crippen LogP contribution in [0.25, 0.3) is 15.9 Å². The predicted octanol–water partition coefficient (Wildman–Crippen LogP) is 2.05. The first-order valence-corrected chi connectivity index (χ1v) is 6.22. The smallest absolute Gasteiger partial charge is 0.437 e. The van der Waals surface area contributed by atoms with Crippen LogP contribution in [0, 0.1) is 0 Å². The van der Waals surface area contributed by atoms with Crippen molar-refractivity contribution in [3.63, 3.8) is 0 Å². The molecule has 2 aromatic heterocycles. The number of carbonyl (C=O) groups excluding carboxylic acids is 1. The Labute approximate surface area is 110 Å². The summed E-state index contributed by atoms with van der Waals surface area (Å²) in [7, 11) is 1.23. The fourth-order valence-corrected chi connectivity index (χ4v) is 2.44. The second-order valence-corrected chi connectivity index (χ2v) is 4.58. The van der Waals surface area contributed by atoms with Crippen molar-refractivity contribution in [1.29, 1.82) is 0 Å². The van der Waals surface area contributed by atoms with Crippen molar-refractivity contribution >= 4 is 33.4 Å². The third-order valence-electron chi connectivity index (χ3n) is 2.59. The quantitative estimate of drug-likeness (QED) is 0.502. The topological polar surface area (TPSA) is 69.9 Å². The van der Waals surface area contributed by atoms with E-state index >= 15 is 0 Å². The van der Waals surface area contributed by atoms with E-state index in [1.165, 1.54) is 35.0 Å². The molecule has 0 aliphatic carbocycles. The monoisotopic (exact) mass is 276 g/mol. The minimum Gasteiger partial charge on any atom is -0.437 e. The molecule has 0 bridgehead atoms. The molecule has 0 N–H and O–H groups in total. The number of benzene rings is 1. The van der Waals surface area contributed by atoms with Gasteiger partial charge in [-0.3, -0.25) is 9.20 Å². The highest BCUT2D eigenvalue weighted by atomic mass is 32.1. The van der Waals surface area contributed by atoms with Gasteiger partial charge in [0.1, 0.15) is 5.75 Å². The average molecular weight is 276 g/mol. The number of methoxy groups -OCH3 is 1. The summed E-state index contributed by atoms with van der Waals surface area (Å²) in [6.45, 7) is 0. The maximum Gasteiger partial charge on any atom is 0.513 e. The van der Waals surface area contributed by atoms with Crippen LogP contribution in [0.4, 0.5) is 4.79 Å². The first kappa shape index (κ1) is 11.7. The van der Waals surface area contributed by atoms with Crippen LogP contribution >= 0.6 is 11.3 Å². The van der Waals surface area contributed by atoms with E-state index in [1.54, 1.807) is 17.6 Å². The molecule has 0 radical (unpaired) electrons. The predicted molar refractivity (Wildman–Crippen MR) is 69.9 cm³/mol. The molecule has 19 heavy (non-hydrogen) atoms. The van der Waals surface area contributed by atoms with E-state index in [1.807, 2.05) is 0 Å². The van der Waals surface area contributed by atoms with Gasteiger partial charge in [0, 0.05) is 17.6 Å². The van der Waals surface area contributed by atoms with E-state index in [4.69, 9.17) is 4.74 Å². The van der Waals surface area contributed by atoms with Crippen LogP contribution in [0.2, 0.25) is 0 Å². The Morgan fingerprint density at radius 2 is 2.26 bits per heavy atom. The van der Waals surface area contributed by atoms with Crippen molar-refractivity contribution in [2.45, 2.75) is 0 Å². The Hall–Kier alpha value is -2.41. The highest BCUT2D eigenvalue weighted by molar-refractivity contribution is 7.15. The molecule has 0 amide bonds. The Kier molecular flexibility index (Phi) is 2.68. The summed E-state index contributed by atoms with van der Waals surface area (Å²) in [5.41, 5.74) is 0.333. The van der Waals surface area contributed by atoms with Gasteiger partial charge in [-0.1, -0.05) is 0 Å². The lowest BCUT2D eigenvalue weighted by atomic mass is 10.2. The highest BCUT2D eigenvalue weighted by Gasteiger charge is 2.09. The first-order valence-electron chi connectivity index (χ1n) is 5.34. The summed E-state index contributed by atoms with van der Waals surface area (Å²) in [5.74, 6) is 0.284. The third kappa shape index (κ3) is 1.93. The molecular weight excluding hydrogens is 268 g/mol. The number of thiazole rings is 1. The van der Waals surface area contributed by atoms with Gasteiger partial charge < -0.3 is 9.47 Å². The zero-order valence-corrected chi connectivity index (χ0v) is 10.6. The second-order valence-electron chi connectivity index (χ2n) is 3.71. The average Bonchev–Trinajstić information content (AvgIpc) is 2.87. The minimum atomic E-state index is -0.812. The number of ether oxygens (including phenoxy) is 2. The molecule has 7 heteroatoms. The van der Waals surface area contributed by atoms with Crippen molar-refractivity contribution in [1.82, 2.24) is 9.38 Å². The van der Waals surface area contributed by atoms with Gasteiger partial charge in [0.25, 0.3) is 5.56 Å². The summed E-state index contributed by atoms with van der Waals surface area (Å²) in [4.78, 5) is 28.1. The summed E-state index contributed by atoms with van der Waals surface area (Å²) in [5, 5.41) is 2.25. The zero-order valence-electron chi connectivity index (χ0n) is 9.82. The van der Waals surface area contributed by atoms with Gasteiger partial charge >= 0.3 is 6.16 Å². The number of hydrogen-bond acceptors (Lipinski definition) is 6. The molecule has 6 nitrogen and oxygen atoms in total. The van der Waals surface area contributed by atoms with Crippen LogP contribution in [-0.4, -0.2) is 22.6 Å². The largest absolute Gasteiger partial charge is 0.513 e. The normalized spacial score (nSPS) is 10.8. The lowest BCUT2D eigenvalue weighted by Gasteiger charge is -2.03. The molecule has 0 fully saturated rings. The fraction of sp³-hybridized carbons (Fsp3) is 0.0833. The number of rotatable bonds is 1. The molecule has 0 unspecified atom stereocenters. The van der Waals surface area contributed by atoms with Gasteiger partial charge in [-0.2, -0.15) is 0 Å². The van der Waals surface area contributed by atoms with Gasteiger partial charge in [-0.25, -0.2) is 9.78 Å². The van der Waals surface area contributed by atoms with Crippen LogP contribution in [-0.2, 0) is 4.74 Å². The number of nitrogens with zero attached hydrogens (tertiary/aromatic N) is 2. The highest BCUT2D eigenvalue weighted by Crippen LogP contribution is 2.19. The van der Waals surface area contributed by atoms with Gasteiger partial charge in [-0.15, -0.1) is 11.3 Å². The van der Waals surface area contributed by atoms with Crippen LogP contribution in [0.3, 0.4) is 0 Å². The molecule has 0 aliphatic rings. The maximum atomic E-state index is 12.1. The molecule has 2 heterocycles. The van der Waals surface area contributed by atoms with Gasteiger partial charge in [-0.05, 0) is 12.1 Å². The molecule has 0 aliphatic heterocycles. The molecule has 0 saturated heterocycles. The van der Waals surface area contributed by atoms with Crippen molar-refractivity contribution in [2.75, 3.05) is 7.11 Å². The lowest BCUT2D eigenvalue weighted by Crippen LogP contribution is -2.13. The van der Waals surface area contributed by atoms with E-state index in [0.29, 0.717) is 15.9 Å². The van der Waals surface area contributed by atoms with Crippen LogP contribution in [0.1, 0.15) is 0 Å². The van der Waals surface area contributed by atoms with Crippen molar-refractivity contribution in [2.24, 2.45) is 0 Å². The summed E-state index contributed by atoms with van der Waals surface area (Å²) in [6, 6.07) is 4.64. The van der Waals surface area contributed by atoms with Gasteiger partial charge in [0.15, 0.2) is 4.96 Å². The van der Waals surface area contributed by atoms with Crippen LogP contribution < -0.4 is 10.3 Å². The molecule has 0 saturated carbocycles. The number of carbonyl (C=O) groups is 1. The van der Waals surface area contributed by atoms with Gasteiger partial charge in [0.2, 0.25) is 0 Å². The lowest BCUT2D eigenvalue weighted by molar-refractivity contribution is 0.121. The Balaban J connectivity index is 2.20. The van der Waals surface area contributed by atoms with Crippen LogP contribution in [0.5, 0.6) is 5.75 Å². The number of aromatic nitrogens is 2. The van der Waals surface area contributed by atoms with E-state index in [0.717, 1.165) is 0 Å². The minimum absolute atomic E-state index is 0.147. The summed E-state index contributed by atoms with van der Waals surface area (Å²) >= 11 is 1.36. The van der Waals surface area contributed by atoms with E-state index in [2.05, 4.69) is 9.72 Å². The van der Waals surface area contributed by atoms with Gasteiger partial charge in [0.05, 0.1) is 18.0 Å². The van der Waals surface area contributed by atoms with E-state index < -0.39 is 6.16 Å². The molecule has 0 atom stereocenters. The fourth-order valence-electron chi connectivity index (χ4n) is 1.73. The standard InChI is InChI=1S/C12H8N2O4S/c1-17-12(16)18-7-2-3-8-9(6-7)13-11-14(10(8)15)4-5-19-11/h2-6H,1H3. The van der Waals surface area contributed by atoms with Crippen molar-refractivity contribution in [3.8, 4) is 5.75 Å². The molecule has 3 rings (SSSR count). The Bertz CT molecular complexity index is 836. The summed E-state index contributed by atoms with van der Waals surface area (Å²) in [6.07, 6.45) is 0.862. The molecule has 1 aromatic carbocycles. The second kappa shape index (κ2) is 4.36. The van der Waals surface area contributed by atoms with E-state index in [9.17, 15) is 9.59 Å². The molecule has 96 valence electrons.